The van der Waals surface area contributed by atoms with Gasteiger partial charge in [-0.15, -0.1) is 10.2 Å². The van der Waals surface area contributed by atoms with E-state index in [-0.39, 0.29) is 18.3 Å². The lowest BCUT2D eigenvalue weighted by atomic mass is 10.2. The van der Waals surface area contributed by atoms with Crippen molar-refractivity contribution >= 4 is 29.3 Å². The number of benzene rings is 2. The number of hydrogen-bond acceptors (Lipinski definition) is 8. The van der Waals surface area contributed by atoms with Gasteiger partial charge < -0.3 is 24.1 Å². The first-order chi connectivity index (χ1) is 15.5. The summed E-state index contributed by atoms with van der Waals surface area (Å²) in [7, 11) is 3.43. The smallest absolute Gasteiger partial charge is 0.338 e. The Kier molecular flexibility index (Phi) is 8.09. The van der Waals surface area contributed by atoms with Crippen LogP contribution in [0.15, 0.2) is 53.7 Å². The molecule has 0 radical (unpaired) electrons. The standard InChI is InChI=1S/C22H24N4O5S/c1-4-30-21(28)15-5-7-16(8-6-15)23-20(27)14-32-22-25-24-19(26(22)2)13-31-18-11-9-17(29-3)10-12-18/h5-12H,4,13-14H2,1-3H3,(H,23,27). The van der Waals surface area contributed by atoms with Gasteiger partial charge in [0.05, 0.1) is 25.0 Å². The Balaban J connectivity index is 1.48. The lowest BCUT2D eigenvalue weighted by Crippen LogP contribution is -2.15. The Morgan fingerprint density at radius 2 is 1.72 bits per heavy atom. The number of aromatic nitrogens is 3. The maximum Gasteiger partial charge on any atom is 0.338 e. The second-order valence-corrected chi connectivity index (χ2v) is 7.50. The van der Waals surface area contributed by atoms with Gasteiger partial charge in [0.25, 0.3) is 0 Å². The molecule has 0 saturated heterocycles. The molecule has 0 bridgehead atoms. The molecule has 1 N–H and O–H groups in total. The van der Waals surface area contributed by atoms with Crippen LogP contribution in [0.5, 0.6) is 11.5 Å². The molecule has 3 rings (SSSR count). The van der Waals surface area contributed by atoms with Crippen molar-refractivity contribution in [3.05, 3.63) is 59.9 Å². The molecule has 0 saturated carbocycles. The zero-order chi connectivity index (χ0) is 22.9. The third kappa shape index (κ3) is 6.24. The van der Waals surface area contributed by atoms with Crippen molar-refractivity contribution in [2.75, 3.05) is 24.8 Å². The van der Waals surface area contributed by atoms with Gasteiger partial charge in [-0.05, 0) is 55.5 Å². The molecule has 9 nitrogen and oxygen atoms in total. The number of nitrogens with zero attached hydrogens (tertiary/aromatic N) is 3. The molecule has 1 amide bonds. The van der Waals surface area contributed by atoms with E-state index in [0.717, 1.165) is 5.75 Å². The highest BCUT2D eigenvalue weighted by Gasteiger charge is 2.13. The molecule has 0 aliphatic rings. The number of hydrogen-bond donors (Lipinski definition) is 1. The first-order valence-electron chi connectivity index (χ1n) is 9.85. The maximum atomic E-state index is 12.3. The summed E-state index contributed by atoms with van der Waals surface area (Å²) >= 11 is 1.27. The number of thioether (sulfide) groups is 1. The summed E-state index contributed by atoms with van der Waals surface area (Å²) in [6, 6.07) is 13.8. The number of anilines is 1. The molecule has 0 unspecified atom stereocenters. The second-order valence-electron chi connectivity index (χ2n) is 6.56. The van der Waals surface area contributed by atoms with Crippen LogP contribution in [-0.4, -0.2) is 46.1 Å². The molecule has 0 atom stereocenters. The van der Waals surface area contributed by atoms with Crippen molar-refractivity contribution in [2.45, 2.75) is 18.7 Å². The Morgan fingerprint density at radius 3 is 2.38 bits per heavy atom. The van der Waals surface area contributed by atoms with Crippen LogP contribution in [0.4, 0.5) is 5.69 Å². The number of methoxy groups -OCH3 is 1. The topological polar surface area (TPSA) is 105 Å². The molecule has 3 aromatic rings. The molecule has 0 aliphatic heterocycles. The van der Waals surface area contributed by atoms with Crippen LogP contribution < -0.4 is 14.8 Å². The van der Waals surface area contributed by atoms with E-state index in [1.54, 1.807) is 42.9 Å². The lowest BCUT2D eigenvalue weighted by molar-refractivity contribution is -0.113. The molecule has 10 heteroatoms. The highest BCUT2D eigenvalue weighted by atomic mass is 32.2. The first-order valence-corrected chi connectivity index (χ1v) is 10.8. The molecule has 2 aromatic carbocycles. The predicted molar refractivity (Wildman–Crippen MR) is 120 cm³/mol. The Labute approximate surface area is 190 Å². The minimum Gasteiger partial charge on any atom is -0.497 e. The molecule has 0 aliphatic carbocycles. The Hall–Kier alpha value is -3.53. The monoisotopic (exact) mass is 456 g/mol. The van der Waals surface area contributed by atoms with Crippen molar-refractivity contribution in [2.24, 2.45) is 7.05 Å². The van der Waals surface area contributed by atoms with Crippen LogP contribution >= 0.6 is 11.8 Å². The largest absolute Gasteiger partial charge is 0.497 e. The van der Waals surface area contributed by atoms with Gasteiger partial charge in [0.15, 0.2) is 11.0 Å². The first kappa shape index (κ1) is 23.1. The fraction of sp³-hybridized carbons (Fsp3) is 0.273. The van der Waals surface area contributed by atoms with Gasteiger partial charge in [0, 0.05) is 12.7 Å². The molecule has 168 valence electrons. The third-order valence-corrected chi connectivity index (χ3v) is 5.38. The quantitative estimate of drug-likeness (QED) is 0.366. The predicted octanol–water partition coefficient (Wildman–Crippen LogP) is 3.31. The molecular weight excluding hydrogens is 432 g/mol. The van der Waals surface area contributed by atoms with E-state index >= 15 is 0 Å². The normalized spacial score (nSPS) is 10.5. The van der Waals surface area contributed by atoms with Crippen molar-refractivity contribution in [3.63, 3.8) is 0 Å². The molecule has 1 aromatic heterocycles. The SMILES string of the molecule is CCOC(=O)c1ccc(NC(=O)CSc2nnc(COc3ccc(OC)cc3)n2C)cc1. The van der Waals surface area contributed by atoms with Crippen LogP contribution in [0, 0.1) is 0 Å². The Bertz CT molecular complexity index is 1050. The average Bonchev–Trinajstić information content (AvgIpc) is 3.16. The van der Waals surface area contributed by atoms with Crippen molar-refractivity contribution in [1.82, 2.24) is 14.8 Å². The van der Waals surface area contributed by atoms with Gasteiger partial charge in [-0.1, -0.05) is 11.8 Å². The van der Waals surface area contributed by atoms with E-state index in [2.05, 4.69) is 15.5 Å². The van der Waals surface area contributed by atoms with E-state index in [4.69, 9.17) is 14.2 Å². The van der Waals surface area contributed by atoms with Gasteiger partial charge in [0.1, 0.15) is 18.1 Å². The highest BCUT2D eigenvalue weighted by Crippen LogP contribution is 2.20. The van der Waals surface area contributed by atoms with Gasteiger partial charge in [-0.25, -0.2) is 4.79 Å². The number of carbonyl (C=O) groups is 2. The average molecular weight is 457 g/mol. The highest BCUT2D eigenvalue weighted by molar-refractivity contribution is 7.99. The van der Waals surface area contributed by atoms with E-state index < -0.39 is 5.97 Å². The molecule has 0 spiro atoms. The lowest BCUT2D eigenvalue weighted by Gasteiger charge is -2.08. The summed E-state index contributed by atoms with van der Waals surface area (Å²) in [5, 5.41) is 11.7. The van der Waals surface area contributed by atoms with Gasteiger partial charge in [-0.2, -0.15) is 0 Å². The molecule has 0 fully saturated rings. The van der Waals surface area contributed by atoms with Crippen LogP contribution in [0.1, 0.15) is 23.1 Å². The molecule has 1 heterocycles. The summed E-state index contributed by atoms with van der Waals surface area (Å²) in [5.74, 6) is 1.65. The minimum absolute atomic E-state index is 0.158. The molecular formula is C22H24N4O5S. The summed E-state index contributed by atoms with van der Waals surface area (Å²) in [6.45, 7) is 2.31. The summed E-state index contributed by atoms with van der Waals surface area (Å²) < 4.78 is 17.6. The summed E-state index contributed by atoms with van der Waals surface area (Å²) in [6.07, 6.45) is 0. The van der Waals surface area contributed by atoms with Crippen LogP contribution in [0.2, 0.25) is 0 Å². The minimum atomic E-state index is -0.394. The number of nitrogens with one attached hydrogen (secondary N) is 1. The number of carbonyl (C=O) groups excluding carboxylic acids is 2. The fourth-order valence-electron chi connectivity index (χ4n) is 2.65. The zero-order valence-electron chi connectivity index (χ0n) is 18.0. The van der Waals surface area contributed by atoms with Crippen molar-refractivity contribution < 1.29 is 23.8 Å². The number of rotatable bonds is 10. The number of amides is 1. The van der Waals surface area contributed by atoms with Crippen molar-refractivity contribution in [3.8, 4) is 11.5 Å². The fourth-order valence-corrected chi connectivity index (χ4v) is 3.38. The van der Waals surface area contributed by atoms with Gasteiger partial charge in [-0.3, -0.25) is 4.79 Å². The number of esters is 1. The van der Waals surface area contributed by atoms with Gasteiger partial charge in [0.2, 0.25) is 5.91 Å². The van der Waals surface area contributed by atoms with E-state index in [1.165, 1.54) is 11.8 Å². The van der Waals surface area contributed by atoms with E-state index in [9.17, 15) is 9.59 Å². The van der Waals surface area contributed by atoms with Crippen LogP contribution in [0.3, 0.4) is 0 Å². The summed E-state index contributed by atoms with van der Waals surface area (Å²) in [5.41, 5.74) is 1.03. The van der Waals surface area contributed by atoms with Gasteiger partial charge >= 0.3 is 5.97 Å². The second kappa shape index (κ2) is 11.2. The summed E-state index contributed by atoms with van der Waals surface area (Å²) in [4.78, 5) is 24.0. The Morgan fingerprint density at radius 1 is 1.03 bits per heavy atom. The maximum absolute atomic E-state index is 12.3. The zero-order valence-corrected chi connectivity index (χ0v) is 18.8. The number of ether oxygens (including phenoxy) is 3. The third-order valence-electron chi connectivity index (χ3n) is 4.36. The molecule has 32 heavy (non-hydrogen) atoms. The van der Waals surface area contributed by atoms with E-state index in [1.807, 2.05) is 31.3 Å². The van der Waals surface area contributed by atoms with E-state index in [0.29, 0.717) is 34.6 Å². The van der Waals surface area contributed by atoms with Crippen LogP contribution in [0.25, 0.3) is 0 Å². The van der Waals surface area contributed by atoms with Crippen LogP contribution in [-0.2, 0) is 23.2 Å². The van der Waals surface area contributed by atoms with Crippen molar-refractivity contribution in [1.29, 1.82) is 0 Å².